The lowest BCUT2D eigenvalue weighted by atomic mass is 10.1. The Hall–Kier alpha value is -1.51. The van der Waals surface area contributed by atoms with Gasteiger partial charge in [0.25, 0.3) is 0 Å². The van der Waals surface area contributed by atoms with Crippen LogP contribution in [0.5, 0.6) is 11.5 Å². The van der Waals surface area contributed by atoms with E-state index in [1.807, 2.05) is 19.1 Å². The molecule has 0 aliphatic carbocycles. The molecular formula is C12H14O3. The average Bonchev–Trinajstić information content (AvgIpc) is 2.66. The molecule has 0 saturated heterocycles. The molecule has 0 unspecified atom stereocenters. The van der Waals surface area contributed by atoms with Gasteiger partial charge in [0, 0.05) is 24.0 Å². The molecule has 1 aromatic rings. The Balaban J connectivity index is 2.37. The van der Waals surface area contributed by atoms with Gasteiger partial charge < -0.3 is 14.3 Å². The van der Waals surface area contributed by atoms with E-state index in [2.05, 4.69) is 0 Å². The highest BCUT2D eigenvalue weighted by Gasteiger charge is 2.16. The second-order valence-corrected chi connectivity index (χ2v) is 3.47. The van der Waals surface area contributed by atoms with Crippen molar-refractivity contribution in [3.63, 3.8) is 0 Å². The van der Waals surface area contributed by atoms with Crippen molar-refractivity contribution in [2.24, 2.45) is 0 Å². The first kappa shape index (κ1) is 10.0. The monoisotopic (exact) mass is 206 g/mol. The number of hydrogen-bond donors (Lipinski definition) is 0. The molecule has 0 radical (unpaired) electrons. The van der Waals surface area contributed by atoms with E-state index < -0.39 is 0 Å². The molecule has 2 rings (SSSR count). The van der Waals surface area contributed by atoms with E-state index in [0.717, 1.165) is 36.4 Å². The Morgan fingerprint density at radius 1 is 1.53 bits per heavy atom. The fraction of sp³-hybridized carbons (Fsp3) is 0.417. The third-order valence-electron chi connectivity index (χ3n) is 2.48. The zero-order valence-electron chi connectivity index (χ0n) is 8.79. The van der Waals surface area contributed by atoms with E-state index in [0.29, 0.717) is 13.0 Å². The first-order valence-corrected chi connectivity index (χ1v) is 5.20. The van der Waals surface area contributed by atoms with Gasteiger partial charge in [-0.05, 0) is 19.1 Å². The van der Waals surface area contributed by atoms with Crippen molar-refractivity contribution in [2.45, 2.75) is 19.8 Å². The third-order valence-corrected chi connectivity index (χ3v) is 2.48. The summed E-state index contributed by atoms with van der Waals surface area (Å²) in [7, 11) is 0. The molecule has 1 aliphatic heterocycles. The summed E-state index contributed by atoms with van der Waals surface area (Å²) in [5.41, 5.74) is 2.08. The van der Waals surface area contributed by atoms with Gasteiger partial charge in [0.05, 0.1) is 13.2 Å². The average molecular weight is 206 g/mol. The Labute approximate surface area is 89.0 Å². The maximum absolute atomic E-state index is 10.5. The number of carbonyl (C=O) groups excluding carboxylic acids is 1. The molecule has 1 aliphatic rings. The van der Waals surface area contributed by atoms with Gasteiger partial charge in [0.2, 0.25) is 0 Å². The number of benzene rings is 1. The van der Waals surface area contributed by atoms with Crippen LogP contribution in [0, 0.1) is 0 Å². The molecule has 80 valence electrons. The molecule has 0 saturated carbocycles. The van der Waals surface area contributed by atoms with Gasteiger partial charge in [-0.1, -0.05) is 0 Å². The van der Waals surface area contributed by atoms with Crippen LogP contribution >= 0.6 is 0 Å². The normalized spacial score (nSPS) is 13.1. The molecule has 1 aromatic carbocycles. The third kappa shape index (κ3) is 1.96. The van der Waals surface area contributed by atoms with Crippen LogP contribution in [0.3, 0.4) is 0 Å². The van der Waals surface area contributed by atoms with Crippen LogP contribution in [0.4, 0.5) is 0 Å². The summed E-state index contributed by atoms with van der Waals surface area (Å²) in [4.78, 5) is 10.5. The zero-order valence-corrected chi connectivity index (χ0v) is 8.79. The highest BCUT2D eigenvalue weighted by molar-refractivity contribution is 5.60. The van der Waals surface area contributed by atoms with Crippen LogP contribution in [0.15, 0.2) is 12.1 Å². The van der Waals surface area contributed by atoms with Gasteiger partial charge >= 0.3 is 0 Å². The predicted octanol–water partition coefficient (Wildman–Crippen LogP) is 1.76. The van der Waals surface area contributed by atoms with Crippen LogP contribution in [0.1, 0.15) is 18.1 Å². The van der Waals surface area contributed by atoms with Gasteiger partial charge in [0.1, 0.15) is 17.8 Å². The van der Waals surface area contributed by atoms with Gasteiger partial charge in [-0.3, -0.25) is 0 Å². The van der Waals surface area contributed by atoms with Crippen molar-refractivity contribution in [1.29, 1.82) is 0 Å². The second-order valence-electron chi connectivity index (χ2n) is 3.47. The molecule has 0 amide bonds. The molecular weight excluding hydrogens is 192 g/mol. The van der Waals surface area contributed by atoms with E-state index in [1.165, 1.54) is 5.56 Å². The maximum atomic E-state index is 10.5. The van der Waals surface area contributed by atoms with Crippen LogP contribution in [0.2, 0.25) is 0 Å². The summed E-state index contributed by atoms with van der Waals surface area (Å²) in [6.07, 6.45) is 2.20. The second kappa shape index (κ2) is 4.34. The van der Waals surface area contributed by atoms with Gasteiger partial charge in [-0.15, -0.1) is 0 Å². The number of fused-ring (bicyclic) bond motifs is 1. The Kier molecular flexibility index (Phi) is 2.90. The van der Waals surface area contributed by atoms with E-state index in [-0.39, 0.29) is 0 Å². The molecule has 0 bridgehead atoms. The van der Waals surface area contributed by atoms with Gasteiger partial charge in [-0.25, -0.2) is 0 Å². The zero-order chi connectivity index (χ0) is 10.7. The van der Waals surface area contributed by atoms with Gasteiger partial charge in [-0.2, -0.15) is 0 Å². The number of carbonyl (C=O) groups is 1. The fourth-order valence-corrected chi connectivity index (χ4v) is 1.78. The first-order chi connectivity index (χ1) is 7.35. The molecule has 0 aromatic heterocycles. The van der Waals surface area contributed by atoms with E-state index in [9.17, 15) is 4.79 Å². The molecule has 1 heterocycles. The highest BCUT2D eigenvalue weighted by Crippen LogP contribution is 2.32. The van der Waals surface area contributed by atoms with E-state index in [1.54, 1.807) is 0 Å². The standard InChI is InChI=1S/C12H14O3/c1-2-14-11-8-10-4-6-15-12(10)7-9(11)3-5-13/h5,7-8H,2-4,6H2,1H3. The minimum Gasteiger partial charge on any atom is -0.494 e. The SMILES string of the molecule is CCOc1cc2c(cc1CC=O)OCC2. The predicted molar refractivity (Wildman–Crippen MR) is 56.6 cm³/mol. The number of ether oxygens (including phenoxy) is 2. The Morgan fingerprint density at radius 3 is 3.13 bits per heavy atom. The number of aldehydes is 1. The molecule has 15 heavy (non-hydrogen) atoms. The summed E-state index contributed by atoms with van der Waals surface area (Å²) < 4.78 is 10.9. The van der Waals surface area contributed by atoms with Crippen molar-refractivity contribution >= 4 is 6.29 Å². The van der Waals surface area contributed by atoms with Crippen LogP contribution in [-0.2, 0) is 17.6 Å². The fourth-order valence-electron chi connectivity index (χ4n) is 1.78. The minimum absolute atomic E-state index is 0.381. The number of hydrogen-bond acceptors (Lipinski definition) is 3. The topological polar surface area (TPSA) is 35.5 Å². The summed E-state index contributed by atoms with van der Waals surface area (Å²) in [5, 5.41) is 0. The lowest BCUT2D eigenvalue weighted by molar-refractivity contribution is -0.107. The number of rotatable bonds is 4. The molecule has 0 fully saturated rings. The quantitative estimate of drug-likeness (QED) is 0.704. The van der Waals surface area contributed by atoms with Crippen molar-refractivity contribution in [3.8, 4) is 11.5 Å². The first-order valence-electron chi connectivity index (χ1n) is 5.20. The molecule has 3 nitrogen and oxygen atoms in total. The largest absolute Gasteiger partial charge is 0.494 e. The van der Waals surface area contributed by atoms with Crippen LogP contribution < -0.4 is 9.47 Å². The lowest BCUT2D eigenvalue weighted by Crippen LogP contribution is -1.98. The summed E-state index contributed by atoms with van der Waals surface area (Å²) >= 11 is 0. The molecule has 0 spiro atoms. The van der Waals surface area contributed by atoms with Gasteiger partial charge in [0.15, 0.2) is 0 Å². The van der Waals surface area contributed by atoms with E-state index in [4.69, 9.17) is 9.47 Å². The molecule has 0 N–H and O–H groups in total. The van der Waals surface area contributed by atoms with Crippen molar-refractivity contribution in [3.05, 3.63) is 23.3 Å². The van der Waals surface area contributed by atoms with Crippen molar-refractivity contribution < 1.29 is 14.3 Å². The Bertz CT molecular complexity index is 371. The van der Waals surface area contributed by atoms with Crippen molar-refractivity contribution in [2.75, 3.05) is 13.2 Å². The van der Waals surface area contributed by atoms with Crippen molar-refractivity contribution in [1.82, 2.24) is 0 Å². The Morgan fingerprint density at radius 2 is 2.40 bits per heavy atom. The minimum atomic E-state index is 0.381. The molecule has 0 atom stereocenters. The summed E-state index contributed by atoms with van der Waals surface area (Å²) in [5.74, 6) is 1.71. The van der Waals surface area contributed by atoms with Crippen LogP contribution in [0.25, 0.3) is 0 Å². The summed E-state index contributed by atoms with van der Waals surface area (Å²) in [6, 6.07) is 3.91. The lowest BCUT2D eigenvalue weighted by Gasteiger charge is -2.10. The highest BCUT2D eigenvalue weighted by atomic mass is 16.5. The van der Waals surface area contributed by atoms with Crippen LogP contribution in [-0.4, -0.2) is 19.5 Å². The summed E-state index contributed by atoms with van der Waals surface area (Å²) in [6.45, 7) is 3.28. The van der Waals surface area contributed by atoms with E-state index >= 15 is 0 Å². The maximum Gasteiger partial charge on any atom is 0.124 e. The smallest absolute Gasteiger partial charge is 0.124 e. The molecule has 3 heteroatoms.